The molecule has 1 aromatic heterocycles. The molecule has 0 bridgehead atoms. The summed E-state index contributed by atoms with van der Waals surface area (Å²) in [5, 5.41) is 0. The molecule has 0 atom stereocenters. The molecule has 0 fully saturated rings. The maximum atomic E-state index is 12.2. The number of carbonyl (C=O) groups is 1. The highest BCUT2D eigenvalue weighted by molar-refractivity contribution is 5.99. The first-order valence-electron chi connectivity index (χ1n) is 6.17. The van der Waals surface area contributed by atoms with Crippen LogP contribution in [0.5, 0.6) is 0 Å². The largest absolute Gasteiger partial charge is 0.345 e. The van der Waals surface area contributed by atoms with Crippen LogP contribution in [0.1, 0.15) is 29.8 Å². The van der Waals surface area contributed by atoms with Gasteiger partial charge in [0.1, 0.15) is 0 Å². The van der Waals surface area contributed by atoms with Crippen molar-refractivity contribution < 1.29 is 4.79 Å². The van der Waals surface area contributed by atoms with E-state index in [9.17, 15) is 4.79 Å². The number of aromatic amines is 1. The van der Waals surface area contributed by atoms with Crippen LogP contribution in [0.15, 0.2) is 18.5 Å². The molecule has 18 heavy (non-hydrogen) atoms. The van der Waals surface area contributed by atoms with Crippen molar-refractivity contribution in [2.24, 2.45) is 5.92 Å². The lowest BCUT2D eigenvalue weighted by Crippen LogP contribution is -2.23. The minimum Gasteiger partial charge on any atom is -0.345 e. The predicted molar refractivity (Wildman–Crippen MR) is 72.7 cm³/mol. The van der Waals surface area contributed by atoms with Gasteiger partial charge in [0, 0.05) is 19.7 Å². The van der Waals surface area contributed by atoms with Gasteiger partial charge in [0.25, 0.3) is 5.91 Å². The Morgan fingerprint density at radius 3 is 2.72 bits per heavy atom. The normalized spacial score (nSPS) is 11.2. The molecule has 96 valence electrons. The Hall–Kier alpha value is -1.84. The molecule has 1 N–H and O–H groups in total. The Kier molecular flexibility index (Phi) is 3.36. The third kappa shape index (κ3) is 2.23. The smallest absolute Gasteiger partial charge is 0.253 e. The number of hydrogen-bond acceptors (Lipinski definition) is 2. The average molecular weight is 245 g/mol. The van der Waals surface area contributed by atoms with Gasteiger partial charge in [-0.25, -0.2) is 4.98 Å². The van der Waals surface area contributed by atoms with Gasteiger partial charge in [-0.3, -0.25) is 4.79 Å². The number of nitrogens with zero attached hydrogens (tertiary/aromatic N) is 2. The van der Waals surface area contributed by atoms with E-state index >= 15 is 0 Å². The Bertz CT molecular complexity index is 569. The maximum absolute atomic E-state index is 12.2. The second-order valence-electron chi connectivity index (χ2n) is 5.19. The van der Waals surface area contributed by atoms with E-state index in [1.165, 1.54) is 0 Å². The van der Waals surface area contributed by atoms with Crippen LogP contribution < -0.4 is 0 Å². The van der Waals surface area contributed by atoms with Crippen LogP contribution in [-0.2, 0) is 6.42 Å². The lowest BCUT2D eigenvalue weighted by molar-refractivity contribution is 0.0826. The molecule has 0 saturated carbocycles. The quantitative estimate of drug-likeness (QED) is 0.903. The zero-order valence-electron chi connectivity index (χ0n) is 11.3. The van der Waals surface area contributed by atoms with E-state index in [1.54, 1.807) is 25.3 Å². The summed E-state index contributed by atoms with van der Waals surface area (Å²) in [7, 11) is 3.55. The fourth-order valence-electron chi connectivity index (χ4n) is 2.12. The van der Waals surface area contributed by atoms with Gasteiger partial charge in [-0.15, -0.1) is 0 Å². The number of fused-ring (bicyclic) bond motifs is 1. The van der Waals surface area contributed by atoms with Gasteiger partial charge in [0.2, 0.25) is 0 Å². The molecule has 0 spiro atoms. The van der Waals surface area contributed by atoms with Gasteiger partial charge >= 0.3 is 0 Å². The summed E-state index contributed by atoms with van der Waals surface area (Å²) in [6, 6.07) is 3.81. The van der Waals surface area contributed by atoms with Gasteiger partial charge in [-0.2, -0.15) is 0 Å². The van der Waals surface area contributed by atoms with Gasteiger partial charge in [-0.05, 0) is 30.0 Å². The van der Waals surface area contributed by atoms with Crippen LogP contribution in [0.3, 0.4) is 0 Å². The second-order valence-corrected chi connectivity index (χ2v) is 5.19. The minimum atomic E-state index is 0.0375. The highest BCUT2D eigenvalue weighted by atomic mass is 16.2. The summed E-state index contributed by atoms with van der Waals surface area (Å²) >= 11 is 0. The molecule has 1 amide bonds. The van der Waals surface area contributed by atoms with E-state index in [-0.39, 0.29) is 5.91 Å². The van der Waals surface area contributed by atoms with Crippen LogP contribution in [0, 0.1) is 5.92 Å². The van der Waals surface area contributed by atoms with Crippen LogP contribution in [-0.4, -0.2) is 34.9 Å². The van der Waals surface area contributed by atoms with Crippen molar-refractivity contribution in [3.05, 3.63) is 29.6 Å². The molecule has 4 heteroatoms. The van der Waals surface area contributed by atoms with Gasteiger partial charge in [-0.1, -0.05) is 13.8 Å². The van der Waals surface area contributed by atoms with Crippen molar-refractivity contribution in [1.29, 1.82) is 0 Å². The number of rotatable bonds is 3. The van der Waals surface area contributed by atoms with Crippen LogP contribution in [0.4, 0.5) is 0 Å². The van der Waals surface area contributed by atoms with Gasteiger partial charge in [0.15, 0.2) is 0 Å². The Morgan fingerprint density at radius 1 is 1.39 bits per heavy atom. The number of H-pyrrole nitrogens is 1. The van der Waals surface area contributed by atoms with Crippen molar-refractivity contribution in [1.82, 2.24) is 14.9 Å². The van der Waals surface area contributed by atoms with Crippen molar-refractivity contribution in [3.63, 3.8) is 0 Å². The minimum absolute atomic E-state index is 0.0375. The summed E-state index contributed by atoms with van der Waals surface area (Å²) in [6.45, 7) is 4.30. The Labute approximate surface area is 107 Å². The molecule has 4 nitrogen and oxygen atoms in total. The number of imidazole rings is 1. The van der Waals surface area contributed by atoms with E-state index in [0.29, 0.717) is 5.92 Å². The average Bonchev–Trinajstić information content (AvgIpc) is 2.76. The number of hydrogen-bond donors (Lipinski definition) is 1. The van der Waals surface area contributed by atoms with Crippen molar-refractivity contribution in [2.45, 2.75) is 20.3 Å². The highest BCUT2D eigenvalue weighted by Crippen LogP contribution is 2.23. The highest BCUT2D eigenvalue weighted by Gasteiger charge is 2.17. The molecular weight excluding hydrogens is 226 g/mol. The number of amides is 1. The first kappa shape index (κ1) is 12.6. The predicted octanol–water partition coefficient (Wildman–Crippen LogP) is 2.46. The zero-order valence-corrected chi connectivity index (χ0v) is 11.3. The van der Waals surface area contributed by atoms with Crippen molar-refractivity contribution in [3.8, 4) is 0 Å². The van der Waals surface area contributed by atoms with E-state index in [4.69, 9.17) is 0 Å². The van der Waals surface area contributed by atoms with Crippen LogP contribution in [0.25, 0.3) is 11.0 Å². The van der Waals surface area contributed by atoms with E-state index in [0.717, 1.165) is 28.6 Å². The van der Waals surface area contributed by atoms with E-state index in [2.05, 4.69) is 23.8 Å². The molecule has 0 aliphatic carbocycles. The maximum Gasteiger partial charge on any atom is 0.253 e. The standard InChI is InChI=1S/C14H19N3O/c1-9(2)7-11-10(14(18)17(3)4)5-6-12-13(11)16-8-15-12/h5-6,8-9H,7H2,1-4H3,(H,15,16). The van der Waals surface area contributed by atoms with Gasteiger partial charge in [0.05, 0.1) is 17.4 Å². The molecule has 2 rings (SSSR count). The molecule has 0 aliphatic heterocycles. The summed E-state index contributed by atoms with van der Waals surface area (Å²) in [6.07, 6.45) is 2.54. The van der Waals surface area contributed by atoms with Crippen molar-refractivity contribution >= 4 is 16.9 Å². The summed E-state index contributed by atoms with van der Waals surface area (Å²) in [5.74, 6) is 0.525. The molecule has 0 saturated heterocycles. The monoisotopic (exact) mass is 245 g/mol. The van der Waals surface area contributed by atoms with Crippen LogP contribution >= 0.6 is 0 Å². The Balaban J connectivity index is 2.60. The third-order valence-electron chi connectivity index (χ3n) is 2.95. The number of benzene rings is 1. The summed E-state index contributed by atoms with van der Waals surface area (Å²) in [5.41, 5.74) is 3.70. The number of aromatic nitrogens is 2. The van der Waals surface area contributed by atoms with Gasteiger partial charge < -0.3 is 9.88 Å². The first-order chi connectivity index (χ1) is 8.50. The topological polar surface area (TPSA) is 49.0 Å². The molecule has 0 aliphatic rings. The molecule has 2 aromatic rings. The number of nitrogens with one attached hydrogen (secondary N) is 1. The SMILES string of the molecule is CC(C)Cc1c(C(=O)N(C)C)ccc2[nH]cnc12. The van der Waals surface area contributed by atoms with E-state index in [1.807, 2.05) is 12.1 Å². The first-order valence-corrected chi connectivity index (χ1v) is 6.17. The lowest BCUT2D eigenvalue weighted by Gasteiger charge is -2.15. The zero-order chi connectivity index (χ0) is 13.3. The molecule has 0 unspecified atom stereocenters. The fraction of sp³-hybridized carbons (Fsp3) is 0.429. The van der Waals surface area contributed by atoms with E-state index < -0.39 is 0 Å². The van der Waals surface area contributed by atoms with Crippen molar-refractivity contribution in [2.75, 3.05) is 14.1 Å². The molecule has 0 radical (unpaired) electrons. The second kappa shape index (κ2) is 4.80. The van der Waals surface area contributed by atoms with Crippen LogP contribution in [0.2, 0.25) is 0 Å². The molecule has 1 heterocycles. The lowest BCUT2D eigenvalue weighted by atomic mass is 9.96. The Morgan fingerprint density at radius 2 is 2.11 bits per heavy atom. The fourth-order valence-corrected chi connectivity index (χ4v) is 2.12. The molecular formula is C14H19N3O. The molecule has 1 aromatic carbocycles. The number of carbonyl (C=O) groups excluding carboxylic acids is 1. The third-order valence-corrected chi connectivity index (χ3v) is 2.95. The summed E-state index contributed by atoms with van der Waals surface area (Å²) in [4.78, 5) is 21.2. The summed E-state index contributed by atoms with van der Waals surface area (Å²) < 4.78 is 0.